The molecule has 6 aromatic carbocycles. The molecule has 0 aliphatic rings. The van der Waals surface area contributed by atoms with Crippen LogP contribution in [0.15, 0.2) is 109 Å². The van der Waals surface area contributed by atoms with E-state index in [1.165, 1.54) is 0 Å². The molecule has 0 aliphatic carbocycles. The summed E-state index contributed by atoms with van der Waals surface area (Å²) in [6.45, 7) is 5.99. The molecule has 0 saturated carbocycles. The number of carbonyl (C=O) groups excluding carboxylic acids is 3. The number of hydrogen-bond donors (Lipinski definition) is 0. The van der Waals surface area contributed by atoms with Gasteiger partial charge >= 0.3 is 256 Å². The van der Waals surface area contributed by atoms with Crippen molar-refractivity contribution in [2.24, 2.45) is 0 Å². The summed E-state index contributed by atoms with van der Waals surface area (Å²) in [7, 11) is 0. The average molecular weight is 625 g/mol. The third-order valence-electron chi connectivity index (χ3n) is 7.30. The van der Waals surface area contributed by atoms with Gasteiger partial charge in [-0.1, -0.05) is 0 Å². The quantitative estimate of drug-likeness (QED) is 0.175. The molecule has 0 aliphatic heterocycles. The van der Waals surface area contributed by atoms with Crippen LogP contribution in [-0.2, 0) is 10.6 Å². The number of aryl methyl sites for hydroxylation is 3. The van der Waals surface area contributed by atoms with Crippen molar-refractivity contribution in [2.45, 2.75) is 20.8 Å². The van der Waals surface area contributed by atoms with Gasteiger partial charge in [0, 0.05) is 0 Å². The molecule has 0 atom stereocenters. The van der Waals surface area contributed by atoms with Crippen LogP contribution in [0, 0.1) is 20.8 Å². The molecule has 7 heteroatoms. The van der Waals surface area contributed by atoms with E-state index in [0.717, 1.165) is 49.0 Å². The van der Waals surface area contributed by atoms with Crippen molar-refractivity contribution >= 4 is 67.5 Å². The first-order chi connectivity index (χ1) is 20.7. The van der Waals surface area contributed by atoms with Crippen molar-refractivity contribution in [3.63, 3.8) is 0 Å². The molecule has 6 rings (SSSR count). The van der Waals surface area contributed by atoms with Gasteiger partial charge in [-0.05, 0) is 0 Å². The van der Waals surface area contributed by atoms with Gasteiger partial charge in [-0.15, -0.1) is 0 Å². The Morgan fingerprint density at radius 2 is 0.651 bits per heavy atom. The van der Waals surface area contributed by atoms with E-state index in [1.54, 1.807) is 36.4 Å². The van der Waals surface area contributed by atoms with Gasteiger partial charge < -0.3 is 0 Å². The van der Waals surface area contributed by atoms with Crippen molar-refractivity contribution in [3.05, 3.63) is 143 Å². The van der Waals surface area contributed by atoms with E-state index in [0.29, 0.717) is 0 Å². The van der Waals surface area contributed by atoms with Gasteiger partial charge in [-0.2, -0.15) is 0 Å². The fraction of sp³-hybridized carbons (Fsp3) is 0.0833. The number of benzene rings is 6. The maximum atomic E-state index is 13.3. The molecular formula is C36H27GaO6. The number of carbonyl (C=O) groups is 3. The standard InChI is InChI=1S/3C12H10O2.Ga/c3*1-8-2-3-10-7-11(12(13)14)5-4-9(10)6-8;/h3*2-7H,1H3,(H,13,14);/q;;;+3/p-3. The van der Waals surface area contributed by atoms with Crippen LogP contribution in [0.5, 0.6) is 0 Å². The van der Waals surface area contributed by atoms with Crippen LogP contribution in [0.4, 0.5) is 0 Å². The molecule has 0 bridgehead atoms. The topological polar surface area (TPSA) is 78.9 Å². The Balaban J connectivity index is 1.27. The summed E-state index contributed by atoms with van der Waals surface area (Å²) in [5.74, 6) is -2.18. The predicted octanol–water partition coefficient (Wildman–Crippen LogP) is 7.93. The Labute approximate surface area is 255 Å². The Morgan fingerprint density at radius 3 is 0.953 bits per heavy atom. The third kappa shape index (κ3) is 6.33. The maximum absolute atomic E-state index is 13.3. The van der Waals surface area contributed by atoms with Gasteiger partial charge in [0.2, 0.25) is 0 Å². The molecule has 43 heavy (non-hydrogen) atoms. The summed E-state index contributed by atoms with van der Waals surface area (Å²) in [5, 5.41) is 5.50. The van der Waals surface area contributed by atoms with Gasteiger partial charge in [-0.25, -0.2) is 0 Å². The van der Waals surface area contributed by atoms with E-state index < -0.39 is 35.2 Å². The molecule has 6 nitrogen and oxygen atoms in total. The fourth-order valence-electron chi connectivity index (χ4n) is 5.01. The molecule has 0 radical (unpaired) electrons. The van der Waals surface area contributed by atoms with Crippen LogP contribution in [-0.4, -0.2) is 35.2 Å². The zero-order valence-corrected chi connectivity index (χ0v) is 26.3. The summed E-state index contributed by atoms with van der Waals surface area (Å²) >= 11 is -4.29. The van der Waals surface area contributed by atoms with E-state index >= 15 is 0 Å². The molecule has 0 aromatic heterocycles. The molecule has 0 N–H and O–H groups in total. The number of rotatable bonds is 6. The zero-order valence-electron chi connectivity index (χ0n) is 23.9. The molecule has 0 fully saturated rings. The van der Waals surface area contributed by atoms with Crippen LogP contribution in [0.1, 0.15) is 47.8 Å². The van der Waals surface area contributed by atoms with Crippen LogP contribution in [0.3, 0.4) is 0 Å². The molecule has 210 valence electrons. The third-order valence-corrected chi connectivity index (χ3v) is 9.86. The Hall–Kier alpha value is -4.85. The van der Waals surface area contributed by atoms with E-state index in [2.05, 4.69) is 0 Å². The Kier molecular flexibility index (Phi) is 7.76. The van der Waals surface area contributed by atoms with E-state index in [-0.39, 0.29) is 16.7 Å². The van der Waals surface area contributed by atoms with Crippen LogP contribution < -0.4 is 0 Å². The summed E-state index contributed by atoms with van der Waals surface area (Å²) < 4.78 is 17.0. The van der Waals surface area contributed by atoms with Gasteiger partial charge in [0.15, 0.2) is 0 Å². The van der Waals surface area contributed by atoms with Crippen LogP contribution in [0.25, 0.3) is 32.3 Å². The van der Waals surface area contributed by atoms with Crippen molar-refractivity contribution in [1.82, 2.24) is 0 Å². The summed E-state index contributed by atoms with van der Waals surface area (Å²) in [6.07, 6.45) is 0. The summed E-state index contributed by atoms with van der Waals surface area (Å²) in [4.78, 5) is 39.8. The predicted molar refractivity (Wildman–Crippen MR) is 168 cm³/mol. The van der Waals surface area contributed by atoms with Gasteiger partial charge in [0.25, 0.3) is 0 Å². The van der Waals surface area contributed by atoms with Gasteiger partial charge in [0.1, 0.15) is 0 Å². The molecule has 6 aromatic rings. The van der Waals surface area contributed by atoms with Crippen molar-refractivity contribution < 1.29 is 25.0 Å². The Bertz CT molecular complexity index is 1830. The average Bonchev–Trinajstić information content (AvgIpc) is 3.00. The van der Waals surface area contributed by atoms with E-state index in [9.17, 15) is 14.4 Å². The first-order valence-electron chi connectivity index (χ1n) is 13.9. The fourth-order valence-corrected chi connectivity index (χ4v) is 7.27. The van der Waals surface area contributed by atoms with Crippen molar-refractivity contribution in [2.75, 3.05) is 0 Å². The second kappa shape index (κ2) is 11.8. The van der Waals surface area contributed by atoms with Crippen molar-refractivity contribution in [1.29, 1.82) is 0 Å². The van der Waals surface area contributed by atoms with Crippen LogP contribution in [0.2, 0.25) is 0 Å². The minimum absolute atomic E-state index is 0.265. The molecule has 0 saturated heterocycles. The monoisotopic (exact) mass is 624 g/mol. The molecule has 0 unspecified atom stereocenters. The zero-order chi connectivity index (χ0) is 30.1. The number of fused-ring (bicyclic) bond motifs is 3. The second-order valence-corrected chi connectivity index (χ2v) is 13.4. The molecule has 0 heterocycles. The summed E-state index contributed by atoms with van der Waals surface area (Å²) in [6, 6.07) is 33.2. The Morgan fingerprint density at radius 1 is 0.395 bits per heavy atom. The van der Waals surface area contributed by atoms with E-state index in [4.69, 9.17) is 10.6 Å². The summed E-state index contributed by atoms with van der Waals surface area (Å²) in [5.41, 5.74) is 4.10. The van der Waals surface area contributed by atoms with Gasteiger partial charge in [0.05, 0.1) is 0 Å². The van der Waals surface area contributed by atoms with E-state index in [1.807, 2.05) is 93.6 Å². The SMILES string of the molecule is Cc1ccc2cc(C(=O)[O][Ga]([O]C(=O)c3ccc4cc(C)ccc4c3)[O]C(=O)c3ccc4cc(C)ccc4c3)ccc2c1. The second-order valence-electron chi connectivity index (χ2n) is 10.7. The van der Waals surface area contributed by atoms with Crippen LogP contribution >= 0.6 is 0 Å². The number of hydrogen-bond acceptors (Lipinski definition) is 6. The molecule has 0 spiro atoms. The van der Waals surface area contributed by atoms with Gasteiger partial charge in [-0.3, -0.25) is 0 Å². The van der Waals surface area contributed by atoms with Crippen molar-refractivity contribution in [3.8, 4) is 0 Å². The molecular weight excluding hydrogens is 598 g/mol. The first-order valence-corrected chi connectivity index (χ1v) is 16.8. The minimum atomic E-state index is -4.29. The normalized spacial score (nSPS) is 11.0. The molecule has 0 amide bonds. The first kappa shape index (κ1) is 28.3.